The molecule has 3 heterocycles. The molecule has 1 atom stereocenters. The summed E-state index contributed by atoms with van der Waals surface area (Å²) in [6.07, 6.45) is -0.292. The molecule has 2 saturated heterocycles. The number of ether oxygens (including phenoxy) is 1. The smallest absolute Gasteiger partial charge is 0.376 e. The Hall–Kier alpha value is -1.90. The molecule has 0 aliphatic carbocycles. The van der Waals surface area contributed by atoms with Crippen molar-refractivity contribution in [3.05, 3.63) is 18.1 Å². The highest BCUT2D eigenvalue weighted by atomic mass is 19.4. The minimum absolute atomic E-state index is 0.00572. The van der Waals surface area contributed by atoms with E-state index in [0.29, 0.717) is 32.5 Å². The van der Waals surface area contributed by atoms with Gasteiger partial charge in [-0.1, -0.05) is 0 Å². The topological polar surface area (TPSA) is 67.3 Å². The third kappa shape index (κ3) is 4.59. The van der Waals surface area contributed by atoms with E-state index in [9.17, 15) is 18.0 Å². The number of aromatic nitrogens is 2. The SMILES string of the molecule is O=C(NC[C@@H]1CCCO1)C1CCN(c2cc(C(F)(F)F)ncn2)CC1. The van der Waals surface area contributed by atoms with Gasteiger partial charge >= 0.3 is 6.18 Å². The summed E-state index contributed by atoms with van der Waals surface area (Å²) < 4.78 is 43.7. The molecule has 1 amide bonds. The number of amides is 1. The Bertz CT molecular complexity index is 597. The molecule has 0 saturated carbocycles. The summed E-state index contributed by atoms with van der Waals surface area (Å²) in [4.78, 5) is 21.2. The van der Waals surface area contributed by atoms with Crippen LogP contribution in [0.25, 0.3) is 0 Å². The first-order valence-electron chi connectivity index (χ1n) is 8.47. The van der Waals surface area contributed by atoms with Crippen molar-refractivity contribution in [3.63, 3.8) is 0 Å². The lowest BCUT2D eigenvalue weighted by atomic mass is 9.96. The molecule has 0 unspecified atom stereocenters. The van der Waals surface area contributed by atoms with Crippen LogP contribution in [-0.4, -0.2) is 48.2 Å². The van der Waals surface area contributed by atoms with E-state index in [2.05, 4.69) is 15.3 Å². The van der Waals surface area contributed by atoms with Gasteiger partial charge in [0.2, 0.25) is 5.91 Å². The molecular formula is C16H21F3N4O2. The first-order chi connectivity index (χ1) is 11.9. The molecule has 2 aliphatic heterocycles. The van der Waals surface area contributed by atoms with Crippen LogP contribution < -0.4 is 10.2 Å². The van der Waals surface area contributed by atoms with Crippen LogP contribution in [0.3, 0.4) is 0 Å². The quantitative estimate of drug-likeness (QED) is 0.892. The minimum atomic E-state index is -4.49. The molecule has 0 spiro atoms. The van der Waals surface area contributed by atoms with Crippen LogP contribution in [0.2, 0.25) is 0 Å². The Morgan fingerprint density at radius 1 is 1.28 bits per heavy atom. The van der Waals surface area contributed by atoms with Crippen LogP contribution >= 0.6 is 0 Å². The standard InChI is InChI=1S/C16H21F3N4O2/c17-16(18,19)13-8-14(22-10-21-13)23-5-3-11(4-6-23)15(24)20-9-12-2-1-7-25-12/h8,10-12H,1-7,9H2,(H,20,24)/t12-/m0/s1. The average Bonchev–Trinajstić information content (AvgIpc) is 3.13. The number of hydrogen-bond acceptors (Lipinski definition) is 5. The third-order valence-corrected chi connectivity index (χ3v) is 4.66. The molecule has 1 N–H and O–H groups in total. The van der Waals surface area contributed by atoms with Gasteiger partial charge in [-0.25, -0.2) is 9.97 Å². The predicted octanol–water partition coefficient (Wildman–Crippen LogP) is 2.01. The van der Waals surface area contributed by atoms with Crippen LogP contribution in [-0.2, 0) is 15.7 Å². The number of piperidine rings is 1. The van der Waals surface area contributed by atoms with Gasteiger partial charge in [-0.05, 0) is 25.7 Å². The molecule has 138 valence electrons. The lowest BCUT2D eigenvalue weighted by molar-refractivity contribution is -0.141. The Morgan fingerprint density at radius 3 is 2.68 bits per heavy atom. The summed E-state index contributed by atoms with van der Waals surface area (Å²) in [5.41, 5.74) is -0.950. The van der Waals surface area contributed by atoms with Crippen molar-refractivity contribution in [3.8, 4) is 0 Å². The zero-order valence-electron chi connectivity index (χ0n) is 13.8. The maximum atomic E-state index is 12.7. The van der Waals surface area contributed by atoms with Crippen LogP contribution in [0.1, 0.15) is 31.4 Å². The number of alkyl halides is 3. The first kappa shape index (κ1) is 17.9. The fraction of sp³-hybridized carbons (Fsp3) is 0.688. The zero-order valence-corrected chi connectivity index (χ0v) is 13.8. The number of hydrogen-bond donors (Lipinski definition) is 1. The van der Waals surface area contributed by atoms with Gasteiger partial charge in [-0.15, -0.1) is 0 Å². The number of carbonyl (C=O) groups is 1. The lowest BCUT2D eigenvalue weighted by Crippen LogP contribution is -2.42. The van der Waals surface area contributed by atoms with E-state index >= 15 is 0 Å². The van der Waals surface area contributed by atoms with Gasteiger partial charge in [0, 0.05) is 38.2 Å². The van der Waals surface area contributed by atoms with Gasteiger partial charge in [-0.2, -0.15) is 13.2 Å². The molecule has 9 heteroatoms. The minimum Gasteiger partial charge on any atom is -0.376 e. The van der Waals surface area contributed by atoms with Crippen molar-refractivity contribution in [2.45, 2.75) is 38.0 Å². The van der Waals surface area contributed by atoms with Crippen molar-refractivity contribution >= 4 is 11.7 Å². The van der Waals surface area contributed by atoms with Crippen molar-refractivity contribution in [2.75, 3.05) is 31.1 Å². The molecule has 6 nitrogen and oxygen atoms in total. The van der Waals surface area contributed by atoms with Crippen LogP contribution in [0.15, 0.2) is 12.4 Å². The predicted molar refractivity (Wildman–Crippen MR) is 84.0 cm³/mol. The van der Waals surface area contributed by atoms with Crippen molar-refractivity contribution in [1.82, 2.24) is 15.3 Å². The summed E-state index contributed by atoms with van der Waals surface area (Å²) >= 11 is 0. The average molecular weight is 358 g/mol. The Balaban J connectivity index is 1.50. The molecule has 1 aromatic heterocycles. The fourth-order valence-corrected chi connectivity index (χ4v) is 3.21. The molecule has 2 aliphatic rings. The van der Waals surface area contributed by atoms with E-state index in [0.717, 1.165) is 31.8 Å². The second-order valence-corrected chi connectivity index (χ2v) is 6.40. The maximum Gasteiger partial charge on any atom is 0.433 e. The Morgan fingerprint density at radius 2 is 2.04 bits per heavy atom. The number of anilines is 1. The molecule has 0 aromatic carbocycles. The van der Waals surface area contributed by atoms with Crippen LogP contribution in [0.5, 0.6) is 0 Å². The van der Waals surface area contributed by atoms with Crippen molar-refractivity contribution in [2.24, 2.45) is 5.92 Å². The number of halogens is 3. The molecule has 2 fully saturated rings. The van der Waals surface area contributed by atoms with Gasteiger partial charge in [0.05, 0.1) is 6.10 Å². The maximum absolute atomic E-state index is 12.7. The van der Waals surface area contributed by atoms with Gasteiger partial charge in [0.25, 0.3) is 0 Å². The van der Waals surface area contributed by atoms with Gasteiger partial charge in [0.1, 0.15) is 17.8 Å². The first-order valence-corrected chi connectivity index (χ1v) is 8.47. The molecule has 25 heavy (non-hydrogen) atoms. The summed E-state index contributed by atoms with van der Waals surface area (Å²) in [5, 5.41) is 2.92. The number of nitrogens with one attached hydrogen (secondary N) is 1. The van der Waals surface area contributed by atoms with Crippen molar-refractivity contribution in [1.29, 1.82) is 0 Å². The van der Waals surface area contributed by atoms with Gasteiger partial charge < -0.3 is 15.0 Å². The molecule has 1 aromatic rings. The monoisotopic (exact) mass is 358 g/mol. The fourth-order valence-electron chi connectivity index (χ4n) is 3.21. The highest BCUT2D eigenvalue weighted by Gasteiger charge is 2.34. The molecular weight excluding hydrogens is 337 g/mol. The normalized spacial score (nSPS) is 22.2. The van der Waals surface area contributed by atoms with E-state index in [1.165, 1.54) is 0 Å². The Kier molecular flexibility index (Phi) is 5.41. The van der Waals surface area contributed by atoms with E-state index in [1.54, 1.807) is 4.90 Å². The third-order valence-electron chi connectivity index (χ3n) is 4.66. The van der Waals surface area contributed by atoms with E-state index in [-0.39, 0.29) is 23.7 Å². The second-order valence-electron chi connectivity index (χ2n) is 6.40. The molecule has 0 bridgehead atoms. The van der Waals surface area contributed by atoms with Crippen molar-refractivity contribution < 1.29 is 22.7 Å². The number of rotatable bonds is 4. The zero-order chi connectivity index (χ0) is 17.9. The largest absolute Gasteiger partial charge is 0.433 e. The second kappa shape index (κ2) is 7.55. The summed E-state index contributed by atoms with van der Waals surface area (Å²) in [7, 11) is 0. The molecule has 0 radical (unpaired) electrons. The lowest BCUT2D eigenvalue weighted by Gasteiger charge is -2.32. The highest BCUT2D eigenvalue weighted by molar-refractivity contribution is 5.79. The summed E-state index contributed by atoms with van der Waals surface area (Å²) in [5.74, 6) is 0.121. The molecule has 3 rings (SSSR count). The van der Waals surface area contributed by atoms with Crippen LogP contribution in [0.4, 0.5) is 19.0 Å². The van der Waals surface area contributed by atoms with Gasteiger partial charge in [-0.3, -0.25) is 4.79 Å². The van der Waals surface area contributed by atoms with E-state index < -0.39 is 11.9 Å². The van der Waals surface area contributed by atoms with Gasteiger partial charge in [0.15, 0.2) is 0 Å². The summed E-state index contributed by atoms with van der Waals surface area (Å²) in [6.45, 7) is 2.26. The number of carbonyl (C=O) groups excluding carboxylic acids is 1. The van der Waals surface area contributed by atoms with E-state index in [1.807, 2.05) is 0 Å². The Labute approximate surface area is 143 Å². The van der Waals surface area contributed by atoms with Crippen LogP contribution in [0, 0.1) is 5.92 Å². The summed E-state index contributed by atoms with van der Waals surface area (Å²) in [6, 6.07) is 0.956. The van der Waals surface area contributed by atoms with E-state index in [4.69, 9.17) is 4.74 Å². The number of nitrogens with zero attached hydrogens (tertiary/aromatic N) is 3. The highest BCUT2D eigenvalue weighted by Crippen LogP contribution is 2.30.